The Kier molecular flexibility index (Phi) is 2.36. The maximum absolute atomic E-state index is 5.60. The van der Waals surface area contributed by atoms with Crippen molar-refractivity contribution in [1.82, 2.24) is 24.7 Å². The van der Waals surface area contributed by atoms with Gasteiger partial charge in [0.15, 0.2) is 0 Å². The van der Waals surface area contributed by atoms with Crippen molar-refractivity contribution in [3.8, 4) is 12.0 Å². The van der Waals surface area contributed by atoms with Gasteiger partial charge >= 0.3 is 6.01 Å². The van der Waals surface area contributed by atoms with Gasteiger partial charge < -0.3 is 10.5 Å². The first-order valence-corrected chi connectivity index (χ1v) is 5.45. The molecule has 0 amide bonds. The first kappa shape index (κ1) is 10.0. The topological polar surface area (TPSA) is 91.7 Å². The lowest BCUT2D eigenvalue weighted by atomic mass is 10.5. The third-order valence-corrected chi connectivity index (χ3v) is 2.47. The maximum atomic E-state index is 5.60. The zero-order valence-electron chi connectivity index (χ0n) is 9.15. The Morgan fingerprint density at radius 3 is 2.94 bits per heavy atom. The molecule has 88 valence electrons. The summed E-state index contributed by atoms with van der Waals surface area (Å²) >= 11 is 0. The standard InChI is InChI=1S/C10H12N6O/c11-8-13-9(16-5-1-4-12-16)15-10(14-8)17-6-7-2-3-7/h1,4-5,7H,2-3,6H2,(H2,11,13,14,15). The molecule has 1 aliphatic carbocycles. The van der Waals surface area contributed by atoms with E-state index in [1.165, 1.54) is 17.5 Å². The Hall–Kier alpha value is -2.18. The zero-order chi connectivity index (χ0) is 11.7. The molecule has 0 atom stereocenters. The summed E-state index contributed by atoms with van der Waals surface area (Å²) in [5, 5.41) is 4.03. The highest BCUT2D eigenvalue weighted by molar-refractivity contribution is 5.24. The number of anilines is 1. The molecule has 1 saturated carbocycles. The van der Waals surface area contributed by atoms with Crippen LogP contribution in [0.2, 0.25) is 0 Å². The summed E-state index contributed by atoms with van der Waals surface area (Å²) in [4.78, 5) is 12.1. The Labute approximate surface area is 97.7 Å². The number of rotatable bonds is 4. The summed E-state index contributed by atoms with van der Waals surface area (Å²) in [6.07, 6.45) is 5.81. The van der Waals surface area contributed by atoms with Gasteiger partial charge in [0.25, 0.3) is 5.95 Å². The Morgan fingerprint density at radius 1 is 1.35 bits per heavy atom. The molecule has 0 saturated heterocycles. The number of nitrogen functional groups attached to an aromatic ring is 1. The second-order valence-electron chi connectivity index (χ2n) is 3.98. The molecule has 7 heteroatoms. The van der Waals surface area contributed by atoms with E-state index in [9.17, 15) is 0 Å². The molecular weight excluding hydrogens is 220 g/mol. The molecular formula is C10H12N6O. The van der Waals surface area contributed by atoms with Crippen LogP contribution in [-0.4, -0.2) is 31.3 Å². The van der Waals surface area contributed by atoms with Gasteiger partial charge in [-0.2, -0.15) is 20.1 Å². The molecule has 0 aromatic carbocycles. The van der Waals surface area contributed by atoms with Crippen LogP contribution in [0.25, 0.3) is 5.95 Å². The largest absolute Gasteiger partial charge is 0.463 e. The van der Waals surface area contributed by atoms with Crippen LogP contribution in [-0.2, 0) is 0 Å². The van der Waals surface area contributed by atoms with Crippen molar-refractivity contribution in [2.24, 2.45) is 5.92 Å². The van der Waals surface area contributed by atoms with Crippen LogP contribution in [0.1, 0.15) is 12.8 Å². The van der Waals surface area contributed by atoms with Crippen molar-refractivity contribution in [3.63, 3.8) is 0 Å². The molecule has 17 heavy (non-hydrogen) atoms. The second-order valence-corrected chi connectivity index (χ2v) is 3.98. The van der Waals surface area contributed by atoms with Crippen LogP contribution in [0.5, 0.6) is 6.01 Å². The highest BCUT2D eigenvalue weighted by Crippen LogP contribution is 2.29. The Balaban J connectivity index is 1.83. The smallest absolute Gasteiger partial charge is 0.323 e. The van der Waals surface area contributed by atoms with Crippen LogP contribution in [0.4, 0.5) is 5.95 Å². The average Bonchev–Trinajstić information content (AvgIpc) is 2.98. The lowest BCUT2D eigenvalue weighted by molar-refractivity contribution is 0.275. The van der Waals surface area contributed by atoms with Crippen LogP contribution < -0.4 is 10.5 Å². The molecule has 0 aliphatic heterocycles. The molecule has 7 nitrogen and oxygen atoms in total. The Bertz CT molecular complexity index is 508. The second kappa shape index (κ2) is 4.00. The van der Waals surface area contributed by atoms with Gasteiger partial charge in [-0.1, -0.05) is 0 Å². The summed E-state index contributed by atoms with van der Waals surface area (Å²) in [6, 6.07) is 2.04. The molecule has 1 aliphatic rings. The summed E-state index contributed by atoms with van der Waals surface area (Å²) in [5.41, 5.74) is 5.60. The minimum atomic E-state index is 0.135. The lowest BCUT2D eigenvalue weighted by Crippen LogP contribution is -2.10. The van der Waals surface area contributed by atoms with Crippen LogP contribution in [0, 0.1) is 5.92 Å². The van der Waals surface area contributed by atoms with Crippen molar-refractivity contribution in [3.05, 3.63) is 18.5 Å². The highest BCUT2D eigenvalue weighted by atomic mass is 16.5. The fraction of sp³-hybridized carbons (Fsp3) is 0.400. The summed E-state index contributed by atoms with van der Waals surface area (Å²) < 4.78 is 6.98. The molecule has 0 spiro atoms. The van der Waals surface area contributed by atoms with Crippen molar-refractivity contribution >= 4 is 5.95 Å². The lowest BCUT2D eigenvalue weighted by Gasteiger charge is -2.05. The predicted octanol–water partition coefficient (Wildman–Crippen LogP) is 0.428. The van der Waals surface area contributed by atoms with E-state index in [0.717, 1.165) is 0 Å². The van der Waals surface area contributed by atoms with Gasteiger partial charge in [-0.15, -0.1) is 0 Å². The molecule has 2 heterocycles. The van der Waals surface area contributed by atoms with Gasteiger partial charge in [0, 0.05) is 12.4 Å². The van der Waals surface area contributed by atoms with E-state index in [1.54, 1.807) is 18.5 Å². The van der Waals surface area contributed by atoms with E-state index < -0.39 is 0 Å². The van der Waals surface area contributed by atoms with Crippen molar-refractivity contribution in [2.75, 3.05) is 12.3 Å². The average molecular weight is 232 g/mol. The van der Waals surface area contributed by atoms with E-state index in [-0.39, 0.29) is 12.0 Å². The van der Waals surface area contributed by atoms with Crippen molar-refractivity contribution in [1.29, 1.82) is 0 Å². The number of hydrogen-bond donors (Lipinski definition) is 1. The molecule has 2 aromatic rings. The minimum Gasteiger partial charge on any atom is -0.463 e. The number of nitrogens with two attached hydrogens (primary N) is 1. The molecule has 0 radical (unpaired) electrons. The normalized spacial score (nSPS) is 14.8. The molecule has 0 unspecified atom stereocenters. The van der Waals surface area contributed by atoms with E-state index in [2.05, 4.69) is 20.1 Å². The molecule has 2 N–H and O–H groups in total. The van der Waals surface area contributed by atoms with Crippen LogP contribution >= 0.6 is 0 Å². The van der Waals surface area contributed by atoms with Gasteiger partial charge in [0.1, 0.15) is 0 Å². The predicted molar refractivity (Wildman–Crippen MR) is 59.6 cm³/mol. The maximum Gasteiger partial charge on any atom is 0.323 e. The summed E-state index contributed by atoms with van der Waals surface area (Å²) in [5.74, 6) is 1.14. The highest BCUT2D eigenvalue weighted by Gasteiger charge is 2.22. The van der Waals surface area contributed by atoms with E-state index in [1.807, 2.05) is 0 Å². The molecule has 1 fully saturated rings. The van der Waals surface area contributed by atoms with Gasteiger partial charge in [0.2, 0.25) is 5.95 Å². The number of nitrogens with zero attached hydrogens (tertiary/aromatic N) is 5. The first-order chi connectivity index (χ1) is 8.31. The quantitative estimate of drug-likeness (QED) is 0.821. The SMILES string of the molecule is Nc1nc(OCC2CC2)nc(-n2cccn2)n1. The monoisotopic (exact) mass is 232 g/mol. The van der Waals surface area contributed by atoms with E-state index >= 15 is 0 Å². The van der Waals surface area contributed by atoms with Crippen molar-refractivity contribution in [2.45, 2.75) is 12.8 Å². The van der Waals surface area contributed by atoms with E-state index in [0.29, 0.717) is 18.5 Å². The van der Waals surface area contributed by atoms with Crippen molar-refractivity contribution < 1.29 is 4.74 Å². The Morgan fingerprint density at radius 2 is 2.24 bits per heavy atom. The number of aromatic nitrogens is 5. The fourth-order valence-corrected chi connectivity index (χ4v) is 1.39. The zero-order valence-corrected chi connectivity index (χ0v) is 9.15. The van der Waals surface area contributed by atoms with Crippen LogP contribution in [0.3, 0.4) is 0 Å². The third kappa shape index (κ3) is 2.32. The van der Waals surface area contributed by atoms with Gasteiger partial charge in [-0.3, -0.25) is 0 Å². The third-order valence-electron chi connectivity index (χ3n) is 2.47. The molecule has 0 bridgehead atoms. The van der Waals surface area contributed by atoms with Gasteiger partial charge in [-0.05, 0) is 24.8 Å². The number of ether oxygens (including phenoxy) is 1. The summed E-state index contributed by atoms with van der Waals surface area (Å²) in [7, 11) is 0. The fourth-order valence-electron chi connectivity index (χ4n) is 1.39. The van der Waals surface area contributed by atoms with Crippen LogP contribution in [0.15, 0.2) is 18.5 Å². The molecule has 3 rings (SSSR count). The first-order valence-electron chi connectivity index (χ1n) is 5.45. The summed E-state index contributed by atoms with van der Waals surface area (Å²) in [6.45, 7) is 0.641. The minimum absolute atomic E-state index is 0.135. The van der Waals surface area contributed by atoms with Gasteiger partial charge in [-0.25, -0.2) is 4.68 Å². The molecule has 2 aromatic heterocycles. The number of hydrogen-bond acceptors (Lipinski definition) is 6. The van der Waals surface area contributed by atoms with E-state index in [4.69, 9.17) is 10.5 Å². The van der Waals surface area contributed by atoms with Gasteiger partial charge in [0.05, 0.1) is 6.61 Å².